The predicted molar refractivity (Wildman–Crippen MR) is 79.8 cm³/mol. The van der Waals surface area contributed by atoms with Gasteiger partial charge in [-0.25, -0.2) is 4.98 Å². The number of rotatable bonds is 6. The summed E-state index contributed by atoms with van der Waals surface area (Å²) in [6.07, 6.45) is 7.17. The number of nitrogens with zero attached hydrogens (tertiary/aromatic N) is 2. The van der Waals surface area contributed by atoms with Crippen LogP contribution in [0.5, 0.6) is 0 Å². The Kier molecular flexibility index (Phi) is 4.59. The lowest BCUT2D eigenvalue weighted by atomic mass is 10.2. The number of aromatic nitrogens is 2. The molecule has 0 aliphatic rings. The summed E-state index contributed by atoms with van der Waals surface area (Å²) in [6.45, 7) is 6.05. The fraction of sp³-hybridized carbons (Fsp3) is 0.438. The number of terminal acetylenes is 1. The van der Waals surface area contributed by atoms with Crippen molar-refractivity contribution in [3.05, 3.63) is 30.1 Å². The Hall–Kier alpha value is -1.79. The van der Waals surface area contributed by atoms with Gasteiger partial charge in [-0.3, -0.25) is 0 Å². The van der Waals surface area contributed by atoms with Gasteiger partial charge in [0.25, 0.3) is 0 Å². The standard InChI is InChI=1S/C16H21N3/c1-4-8-13(3)17-12-16-18-14-9-6-7-10-15(14)19(16)11-5-2/h1,6-7,9-10,13,17H,5,8,11-12H2,2-3H3. The number of aryl methyl sites for hydroxylation is 1. The van der Waals surface area contributed by atoms with Crippen molar-refractivity contribution < 1.29 is 0 Å². The molecule has 0 aliphatic carbocycles. The highest BCUT2D eigenvalue weighted by molar-refractivity contribution is 5.75. The molecule has 1 N–H and O–H groups in total. The lowest BCUT2D eigenvalue weighted by Gasteiger charge is -2.12. The third kappa shape index (κ3) is 3.15. The van der Waals surface area contributed by atoms with Crippen molar-refractivity contribution in [1.82, 2.24) is 14.9 Å². The monoisotopic (exact) mass is 255 g/mol. The van der Waals surface area contributed by atoms with Crippen molar-refractivity contribution in [3.8, 4) is 12.3 Å². The van der Waals surface area contributed by atoms with Crippen molar-refractivity contribution in [2.75, 3.05) is 0 Å². The van der Waals surface area contributed by atoms with Gasteiger partial charge in [0.15, 0.2) is 0 Å². The molecule has 2 rings (SSSR count). The maximum atomic E-state index is 5.33. The Bertz CT molecular complexity index is 577. The van der Waals surface area contributed by atoms with Gasteiger partial charge >= 0.3 is 0 Å². The second-order valence-corrected chi connectivity index (χ2v) is 4.86. The van der Waals surface area contributed by atoms with Gasteiger partial charge in [-0.2, -0.15) is 0 Å². The van der Waals surface area contributed by atoms with E-state index >= 15 is 0 Å². The van der Waals surface area contributed by atoms with Crippen LogP contribution in [0.1, 0.15) is 32.5 Å². The molecular formula is C16H21N3. The molecule has 0 aliphatic heterocycles. The third-order valence-electron chi connectivity index (χ3n) is 3.21. The molecule has 1 unspecified atom stereocenters. The molecule has 0 radical (unpaired) electrons. The van der Waals surface area contributed by atoms with Gasteiger partial charge in [0.2, 0.25) is 0 Å². The number of fused-ring (bicyclic) bond motifs is 1. The number of hydrogen-bond donors (Lipinski definition) is 1. The molecule has 0 bridgehead atoms. The second-order valence-electron chi connectivity index (χ2n) is 4.86. The summed E-state index contributed by atoms with van der Waals surface area (Å²) in [5.41, 5.74) is 2.28. The summed E-state index contributed by atoms with van der Waals surface area (Å²) in [6, 6.07) is 8.61. The van der Waals surface area contributed by atoms with Crippen LogP contribution in [0.25, 0.3) is 11.0 Å². The molecule has 0 saturated heterocycles. The largest absolute Gasteiger partial charge is 0.327 e. The molecule has 0 spiro atoms. The van der Waals surface area contributed by atoms with Crippen molar-refractivity contribution >= 4 is 11.0 Å². The average Bonchev–Trinajstić information content (AvgIpc) is 2.76. The molecule has 1 heterocycles. The zero-order valence-electron chi connectivity index (χ0n) is 11.7. The summed E-state index contributed by atoms with van der Waals surface area (Å²) in [7, 11) is 0. The first-order valence-electron chi connectivity index (χ1n) is 6.87. The zero-order chi connectivity index (χ0) is 13.7. The Morgan fingerprint density at radius 1 is 1.42 bits per heavy atom. The van der Waals surface area contributed by atoms with E-state index < -0.39 is 0 Å². The lowest BCUT2D eigenvalue weighted by molar-refractivity contribution is 0.526. The first-order chi connectivity index (χ1) is 9.26. The van der Waals surface area contributed by atoms with Gasteiger partial charge in [-0.1, -0.05) is 19.1 Å². The van der Waals surface area contributed by atoms with Crippen LogP contribution in [0.2, 0.25) is 0 Å². The van der Waals surface area contributed by atoms with Crippen LogP contribution in [0, 0.1) is 12.3 Å². The Balaban J connectivity index is 2.21. The highest BCUT2D eigenvalue weighted by Crippen LogP contribution is 2.16. The van der Waals surface area contributed by atoms with E-state index in [1.165, 1.54) is 5.52 Å². The summed E-state index contributed by atoms with van der Waals surface area (Å²) < 4.78 is 2.30. The number of imidazole rings is 1. The molecule has 1 atom stereocenters. The van der Waals surface area contributed by atoms with Gasteiger partial charge in [0, 0.05) is 19.0 Å². The minimum Gasteiger partial charge on any atom is -0.327 e. The molecular weight excluding hydrogens is 234 g/mol. The second kappa shape index (κ2) is 6.40. The van der Waals surface area contributed by atoms with E-state index in [-0.39, 0.29) is 0 Å². The summed E-state index contributed by atoms with van der Waals surface area (Å²) in [5, 5.41) is 3.43. The van der Waals surface area contributed by atoms with Crippen LogP contribution in [-0.4, -0.2) is 15.6 Å². The van der Waals surface area contributed by atoms with Crippen molar-refractivity contribution in [2.24, 2.45) is 0 Å². The topological polar surface area (TPSA) is 29.9 Å². The van der Waals surface area contributed by atoms with E-state index in [9.17, 15) is 0 Å². The maximum absolute atomic E-state index is 5.33. The van der Waals surface area contributed by atoms with Crippen LogP contribution in [0.4, 0.5) is 0 Å². The van der Waals surface area contributed by atoms with Crippen LogP contribution >= 0.6 is 0 Å². The highest BCUT2D eigenvalue weighted by Gasteiger charge is 2.10. The normalized spacial score (nSPS) is 12.5. The van der Waals surface area contributed by atoms with Crippen molar-refractivity contribution in [3.63, 3.8) is 0 Å². The lowest BCUT2D eigenvalue weighted by Crippen LogP contribution is -2.26. The van der Waals surface area contributed by atoms with E-state index in [0.29, 0.717) is 6.04 Å². The minimum absolute atomic E-state index is 0.319. The fourth-order valence-electron chi connectivity index (χ4n) is 2.25. The highest BCUT2D eigenvalue weighted by atomic mass is 15.1. The molecule has 0 saturated carbocycles. The third-order valence-corrected chi connectivity index (χ3v) is 3.21. The number of hydrogen-bond acceptors (Lipinski definition) is 2. The van der Waals surface area contributed by atoms with Crippen molar-refractivity contribution in [1.29, 1.82) is 0 Å². The average molecular weight is 255 g/mol. The SMILES string of the molecule is C#CCC(C)NCc1nc2ccccc2n1CCC. The van der Waals surface area contributed by atoms with Gasteiger partial charge in [0.1, 0.15) is 5.82 Å². The Morgan fingerprint density at radius 3 is 2.95 bits per heavy atom. The molecule has 3 nitrogen and oxygen atoms in total. The van der Waals surface area contributed by atoms with Crippen LogP contribution in [0.15, 0.2) is 24.3 Å². The first kappa shape index (κ1) is 13.6. The Morgan fingerprint density at radius 2 is 2.21 bits per heavy atom. The van der Waals surface area contributed by atoms with Crippen LogP contribution in [-0.2, 0) is 13.1 Å². The minimum atomic E-state index is 0.319. The zero-order valence-corrected chi connectivity index (χ0v) is 11.7. The van der Waals surface area contributed by atoms with Crippen LogP contribution in [0.3, 0.4) is 0 Å². The molecule has 1 aromatic heterocycles. The van der Waals surface area contributed by atoms with Crippen molar-refractivity contribution in [2.45, 2.75) is 45.8 Å². The molecule has 100 valence electrons. The van der Waals surface area contributed by atoms with E-state index in [1.807, 2.05) is 6.07 Å². The predicted octanol–water partition coefficient (Wildman–Crippen LogP) is 2.95. The number of para-hydroxylation sites is 2. The maximum Gasteiger partial charge on any atom is 0.123 e. The molecule has 2 aromatic rings. The smallest absolute Gasteiger partial charge is 0.123 e. The molecule has 0 amide bonds. The Labute approximate surface area is 115 Å². The molecule has 19 heavy (non-hydrogen) atoms. The van der Waals surface area contributed by atoms with Crippen LogP contribution < -0.4 is 5.32 Å². The fourth-order valence-corrected chi connectivity index (χ4v) is 2.25. The molecule has 0 fully saturated rings. The van der Waals surface area contributed by atoms with Gasteiger partial charge in [-0.05, 0) is 25.5 Å². The quantitative estimate of drug-likeness (QED) is 0.804. The van der Waals surface area contributed by atoms with Gasteiger partial charge in [0.05, 0.1) is 17.6 Å². The van der Waals surface area contributed by atoms with E-state index in [0.717, 1.165) is 37.3 Å². The van der Waals surface area contributed by atoms with E-state index in [1.54, 1.807) is 0 Å². The molecule has 3 heteroatoms. The summed E-state index contributed by atoms with van der Waals surface area (Å²) >= 11 is 0. The molecule has 1 aromatic carbocycles. The summed E-state index contributed by atoms with van der Waals surface area (Å²) in [4.78, 5) is 4.71. The number of benzene rings is 1. The number of nitrogens with one attached hydrogen (secondary N) is 1. The van der Waals surface area contributed by atoms with Gasteiger partial charge in [-0.15, -0.1) is 12.3 Å². The van der Waals surface area contributed by atoms with E-state index in [2.05, 4.69) is 47.9 Å². The summed E-state index contributed by atoms with van der Waals surface area (Å²) in [5.74, 6) is 3.77. The first-order valence-corrected chi connectivity index (χ1v) is 6.87. The van der Waals surface area contributed by atoms with Gasteiger partial charge < -0.3 is 9.88 Å². The van der Waals surface area contributed by atoms with E-state index in [4.69, 9.17) is 11.4 Å².